The molecule has 0 fully saturated rings. The molecule has 0 spiro atoms. The summed E-state index contributed by atoms with van der Waals surface area (Å²) in [5, 5.41) is 0.544. The number of esters is 1. The van der Waals surface area contributed by atoms with Crippen LogP contribution in [0.25, 0.3) is 11.1 Å². The molecule has 0 unspecified atom stereocenters. The number of rotatable bonds is 5. The highest BCUT2D eigenvalue weighted by Crippen LogP contribution is 2.27. The van der Waals surface area contributed by atoms with Crippen molar-refractivity contribution in [3.8, 4) is 0 Å². The Hall–Kier alpha value is -2.21. The molecule has 21 heavy (non-hydrogen) atoms. The Morgan fingerprint density at radius 1 is 1.33 bits per heavy atom. The first kappa shape index (κ1) is 13.8. The lowest BCUT2D eigenvalue weighted by Crippen LogP contribution is -2.05. The average molecular weight is 303 g/mol. The molecule has 0 saturated carbocycles. The number of fused-ring (bicyclic) bond motifs is 1. The first-order valence-electron chi connectivity index (χ1n) is 6.50. The van der Waals surface area contributed by atoms with Crippen LogP contribution < -0.4 is 0 Å². The summed E-state index contributed by atoms with van der Waals surface area (Å²) < 4.78 is 15.9. The molecular weight excluding hydrogens is 290 g/mol. The summed E-state index contributed by atoms with van der Waals surface area (Å²) >= 11 is 1.37. The lowest BCUT2D eigenvalue weighted by atomic mass is 10.3. The summed E-state index contributed by atoms with van der Waals surface area (Å²) in [6, 6.07) is 9.17. The van der Waals surface area contributed by atoms with Crippen LogP contribution in [0.1, 0.15) is 23.0 Å². The number of thioether (sulfide) groups is 1. The van der Waals surface area contributed by atoms with Crippen molar-refractivity contribution < 1.29 is 18.4 Å². The van der Waals surface area contributed by atoms with Crippen LogP contribution in [0.4, 0.5) is 0 Å². The van der Waals surface area contributed by atoms with Gasteiger partial charge in [0.15, 0.2) is 5.58 Å². The number of hydrogen-bond acceptors (Lipinski definition) is 6. The molecule has 0 aliphatic rings. The average Bonchev–Trinajstić information content (AvgIpc) is 3.11. The smallest absolute Gasteiger partial charge is 0.341 e. The van der Waals surface area contributed by atoms with Gasteiger partial charge in [-0.05, 0) is 25.1 Å². The van der Waals surface area contributed by atoms with Gasteiger partial charge in [-0.3, -0.25) is 0 Å². The van der Waals surface area contributed by atoms with Crippen molar-refractivity contribution in [2.24, 2.45) is 0 Å². The summed E-state index contributed by atoms with van der Waals surface area (Å²) in [6.07, 6.45) is 1.48. The van der Waals surface area contributed by atoms with Gasteiger partial charge in [-0.25, -0.2) is 9.78 Å². The van der Waals surface area contributed by atoms with Crippen LogP contribution in [0.5, 0.6) is 0 Å². The molecule has 0 atom stereocenters. The third-order valence-electron chi connectivity index (χ3n) is 2.84. The maximum absolute atomic E-state index is 11.7. The molecule has 0 N–H and O–H groups in total. The van der Waals surface area contributed by atoms with Gasteiger partial charge in [-0.2, -0.15) is 0 Å². The van der Waals surface area contributed by atoms with Crippen LogP contribution in [0, 0.1) is 0 Å². The lowest BCUT2D eigenvalue weighted by Gasteiger charge is -2.01. The Balaban J connectivity index is 1.73. The molecule has 0 radical (unpaired) electrons. The molecule has 108 valence electrons. The van der Waals surface area contributed by atoms with Crippen molar-refractivity contribution in [1.29, 1.82) is 0 Å². The molecule has 5 nitrogen and oxygen atoms in total. The zero-order valence-electron chi connectivity index (χ0n) is 11.4. The van der Waals surface area contributed by atoms with Crippen LogP contribution in [0.15, 0.2) is 50.7 Å². The van der Waals surface area contributed by atoms with Crippen molar-refractivity contribution in [2.45, 2.75) is 17.9 Å². The topological polar surface area (TPSA) is 65.5 Å². The van der Waals surface area contributed by atoms with Gasteiger partial charge < -0.3 is 13.6 Å². The van der Waals surface area contributed by atoms with Gasteiger partial charge in [0.05, 0.1) is 18.6 Å². The largest absolute Gasteiger partial charge is 0.468 e. The molecule has 6 heteroatoms. The summed E-state index contributed by atoms with van der Waals surface area (Å²) in [6.45, 7) is 2.10. The molecule has 2 aromatic heterocycles. The van der Waals surface area contributed by atoms with Gasteiger partial charge in [0.1, 0.15) is 16.8 Å². The van der Waals surface area contributed by atoms with E-state index in [-0.39, 0.29) is 5.97 Å². The predicted octanol–water partition coefficient (Wildman–Crippen LogP) is 3.89. The summed E-state index contributed by atoms with van der Waals surface area (Å²) in [7, 11) is 0. The molecule has 1 aromatic carbocycles. The van der Waals surface area contributed by atoms with Crippen molar-refractivity contribution in [3.63, 3.8) is 0 Å². The molecule has 0 amide bonds. The molecule has 0 aliphatic heterocycles. The van der Waals surface area contributed by atoms with Crippen molar-refractivity contribution in [2.75, 3.05) is 6.61 Å². The monoisotopic (exact) mass is 303 g/mol. The quantitative estimate of drug-likeness (QED) is 0.526. The van der Waals surface area contributed by atoms with Gasteiger partial charge in [0, 0.05) is 0 Å². The zero-order chi connectivity index (χ0) is 14.7. The van der Waals surface area contributed by atoms with E-state index in [2.05, 4.69) is 4.98 Å². The number of furan rings is 1. The number of carbonyl (C=O) groups is 1. The van der Waals surface area contributed by atoms with Crippen molar-refractivity contribution >= 4 is 28.8 Å². The SMILES string of the molecule is CCOC(=O)c1ccoc1CSc1nc2ccccc2o1. The van der Waals surface area contributed by atoms with Gasteiger partial charge >= 0.3 is 5.97 Å². The molecule has 3 aromatic rings. The molecule has 2 heterocycles. The minimum Gasteiger partial charge on any atom is -0.468 e. The van der Waals surface area contributed by atoms with Crippen LogP contribution in [0.2, 0.25) is 0 Å². The van der Waals surface area contributed by atoms with E-state index in [9.17, 15) is 4.79 Å². The molecule has 0 aliphatic carbocycles. The Bertz CT molecular complexity index is 729. The van der Waals surface area contributed by atoms with Gasteiger partial charge in [-0.15, -0.1) is 0 Å². The Labute approximate surface area is 125 Å². The van der Waals surface area contributed by atoms with Gasteiger partial charge in [0.25, 0.3) is 5.22 Å². The first-order valence-corrected chi connectivity index (χ1v) is 7.48. The second kappa shape index (κ2) is 6.05. The summed E-state index contributed by atoms with van der Waals surface area (Å²) in [5.41, 5.74) is 2.00. The van der Waals surface area contributed by atoms with E-state index >= 15 is 0 Å². The normalized spacial score (nSPS) is 10.9. The second-order valence-corrected chi connectivity index (χ2v) is 5.14. The van der Waals surface area contributed by atoms with Crippen molar-refractivity contribution in [1.82, 2.24) is 4.98 Å². The summed E-state index contributed by atoms with van der Waals surface area (Å²) in [5.74, 6) is 0.633. The van der Waals surface area contributed by atoms with Gasteiger partial charge in [0.2, 0.25) is 0 Å². The minimum atomic E-state index is -0.376. The number of ether oxygens (including phenoxy) is 1. The third-order valence-corrected chi connectivity index (χ3v) is 3.67. The zero-order valence-corrected chi connectivity index (χ0v) is 12.2. The molecular formula is C15H13NO4S. The maximum atomic E-state index is 11.7. The van der Waals surface area contributed by atoms with E-state index in [1.165, 1.54) is 18.0 Å². The molecule has 0 bridgehead atoms. The van der Waals surface area contributed by atoms with Gasteiger partial charge in [-0.1, -0.05) is 23.9 Å². The van der Waals surface area contributed by atoms with Crippen LogP contribution >= 0.6 is 11.8 Å². The van der Waals surface area contributed by atoms with E-state index in [0.717, 1.165) is 11.1 Å². The van der Waals surface area contributed by atoms with E-state index in [1.807, 2.05) is 24.3 Å². The number of nitrogens with zero attached hydrogens (tertiary/aromatic N) is 1. The lowest BCUT2D eigenvalue weighted by molar-refractivity contribution is 0.0524. The Morgan fingerprint density at radius 3 is 3.00 bits per heavy atom. The second-order valence-electron chi connectivity index (χ2n) is 4.21. The number of aromatic nitrogens is 1. The third kappa shape index (κ3) is 2.95. The first-order chi connectivity index (χ1) is 10.3. The van der Waals surface area contributed by atoms with E-state index in [4.69, 9.17) is 13.6 Å². The fourth-order valence-corrected chi connectivity index (χ4v) is 2.67. The summed E-state index contributed by atoms with van der Waals surface area (Å²) in [4.78, 5) is 16.1. The number of carbonyl (C=O) groups excluding carboxylic acids is 1. The Morgan fingerprint density at radius 2 is 2.19 bits per heavy atom. The van der Waals surface area contributed by atoms with Crippen LogP contribution in [0.3, 0.4) is 0 Å². The number of hydrogen-bond donors (Lipinski definition) is 0. The molecule has 3 rings (SSSR count). The van der Waals surface area contributed by atoms with Crippen LogP contribution in [-0.2, 0) is 10.5 Å². The highest BCUT2D eigenvalue weighted by molar-refractivity contribution is 7.98. The minimum absolute atomic E-state index is 0.335. The highest BCUT2D eigenvalue weighted by Gasteiger charge is 2.17. The predicted molar refractivity (Wildman–Crippen MR) is 78.2 cm³/mol. The van der Waals surface area contributed by atoms with Crippen LogP contribution in [-0.4, -0.2) is 17.6 Å². The number of oxazole rings is 1. The van der Waals surface area contributed by atoms with E-state index in [1.54, 1.807) is 13.0 Å². The Kier molecular flexibility index (Phi) is 3.96. The fraction of sp³-hybridized carbons (Fsp3) is 0.200. The maximum Gasteiger partial charge on any atom is 0.341 e. The van der Waals surface area contributed by atoms with Crippen molar-refractivity contribution in [3.05, 3.63) is 47.9 Å². The number of benzene rings is 1. The van der Waals surface area contributed by atoms with E-state index in [0.29, 0.717) is 28.9 Å². The van der Waals surface area contributed by atoms with E-state index < -0.39 is 0 Å². The molecule has 0 saturated heterocycles. The standard InChI is InChI=1S/C15H13NO4S/c1-2-18-14(17)10-7-8-19-13(10)9-21-15-16-11-5-3-4-6-12(11)20-15/h3-8H,2,9H2,1H3. The fourth-order valence-electron chi connectivity index (χ4n) is 1.88. The highest BCUT2D eigenvalue weighted by atomic mass is 32.2. The number of para-hydroxylation sites is 2.